The van der Waals surface area contributed by atoms with Crippen molar-refractivity contribution in [1.29, 1.82) is 0 Å². The Hall–Kier alpha value is -1.31. The number of benzene rings is 1. The van der Waals surface area contributed by atoms with E-state index in [2.05, 4.69) is 0 Å². The van der Waals surface area contributed by atoms with Crippen LogP contribution in [0, 0.1) is 13.8 Å². The Morgan fingerprint density at radius 2 is 1.67 bits per heavy atom. The zero-order valence-corrected chi connectivity index (χ0v) is 10.2. The van der Waals surface area contributed by atoms with Crippen molar-refractivity contribution in [2.75, 3.05) is 4.90 Å². The molecular formula is C13H19NO. The summed E-state index contributed by atoms with van der Waals surface area (Å²) in [5, 5.41) is 0. The predicted octanol–water partition coefficient (Wildman–Crippen LogP) is 3.06. The Kier molecular flexibility index (Phi) is 3.51. The number of carbonyl (C=O) groups is 1. The minimum absolute atomic E-state index is 0.0994. The van der Waals surface area contributed by atoms with E-state index in [9.17, 15) is 4.79 Å². The van der Waals surface area contributed by atoms with Crippen LogP contribution < -0.4 is 4.90 Å². The molecule has 0 bridgehead atoms. The maximum atomic E-state index is 11.6. The van der Waals surface area contributed by atoms with Crippen molar-refractivity contribution in [3.05, 3.63) is 29.3 Å². The van der Waals surface area contributed by atoms with Crippen LogP contribution in [0.1, 0.15) is 31.9 Å². The van der Waals surface area contributed by atoms with E-state index in [1.165, 1.54) is 0 Å². The van der Waals surface area contributed by atoms with Gasteiger partial charge in [-0.3, -0.25) is 4.79 Å². The topological polar surface area (TPSA) is 20.3 Å². The Labute approximate surface area is 91.9 Å². The molecule has 0 atom stereocenters. The first-order valence-corrected chi connectivity index (χ1v) is 5.31. The third kappa shape index (κ3) is 2.38. The average Bonchev–Trinajstić information content (AvgIpc) is 2.09. The lowest BCUT2D eigenvalue weighted by Gasteiger charge is -2.28. The summed E-state index contributed by atoms with van der Waals surface area (Å²) in [6.45, 7) is 9.77. The SMILES string of the molecule is CC(=O)N(c1c(C)cccc1C)C(C)C. The van der Waals surface area contributed by atoms with Gasteiger partial charge in [-0.2, -0.15) is 0 Å². The Morgan fingerprint density at radius 3 is 2.00 bits per heavy atom. The molecule has 0 spiro atoms. The fourth-order valence-electron chi connectivity index (χ4n) is 1.96. The van der Waals surface area contributed by atoms with Gasteiger partial charge in [0.05, 0.1) is 0 Å². The Morgan fingerprint density at radius 1 is 1.20 bits per heavy atom. The monoisotopic (exact) mass is 205 g/mol. The molecule has 0 aliphatic rings. The number of rotatable bonds is 2. The third-order valence-corrected chi connectivity index (χ3v) is 2.54. The standard InChI is InChI=1S/C13H19NO/c1-9(2)14(12(5)15)13-10(3)7-6-8-11(13)4/h6-9H,1-5H3. The lowest BCUT2D eigenvalue weighted by atomic mass is 10.1. The van der Waals surface area contributed by atoms with Crippen molar-refractivity contribution in [2.45, 2.75) is 40.7 Å². The average molecular weight is 205 g/mol. The zero-order chi connectivity index (χ0) is 11.6. The predicted molar refractivity (Wildman–Crippen MR) is 64.2 cm³/mol. The molecule has 0 saturated carbocycles. The molecule has 0 aliphatic carbocycles. The fraction of sp³-hybridized carbons (Fsp3) is 0.462. The van der Waals surface area contributed by atoms with E-state index in [4.69, 9.17) is 0 Å². The van der Waals surface area contributed by atoms with Gasteiger partial charge in [0.1, 0.15) is 0 Å². The highest BCUT2D eigenvalue weighted by Gasteiger charge is 2.18. The van der Waals surface area contributed by atoms with E-state index < -0.39 is 0 Å². The third-order valence-electron chi connectivity index (χ3n) is 2.54. The van der Waals surface area contributed by atoms with Gasteiger partial charge in [-0.05, 0) is 38.8 Å². The van der Waals surface area contributed by atoms with Gasteiger partial charge in [0.2, 0.25) is 5.91 Å². The van der Waals surface area contributed by atoms with E-state index >= 15 is 0 Å². The van der Waals surface area contributed by atoms with Crippen LogP contribution in [-0.2, 0) is 4.79 Å². The fourth-order valence-corrected chi connectivity index (χ4v) is 1.96. The normalized spacial score (nSPS) is 10.5. The molecule has 0 aromatic heterocycles. The zero-order valence-electron chi connectivity index (χ0n) is 10.2. The number of carbonyl (C=O) groups excluding carboxylic acids is 1. The quantitative estimate of drug-likeness (QED) is 0.726. The van der Waals surface area contributed by atoms with Gasteiger partial charge in [0, 0.05) is 18.7 Å². The van der Waals surface area contributed by atoms with E-state index in [1.54, 1.807) is 6.92 Å². The number of anilines is 1. The highest BCUT2D eigenvalue weighted by atomic mass is 16.2. The molecule has 0 fully saturated rings. The van der Waals surface area contributed by atoms with Crippen molar-refractivity contribution in [3.8, 4) is 0 Å². The largest absolute Gasteiger partial charge is 0.310 e. The second kappa shape index (κ2) is 4.47. The molecule has 2 heteroatoms. The van der Waals surface area contributed by atoms with E-state index in [-0.39, 0.29) is 11.9 Å². The molecule has 0 aliphatic heterocycles. The van der Waals surface area contributed by atoms with Crippen molar-refractivity contribution < 1.29 is 4.79 Å². The minimum Gasteiger partial charge on any atom is -0.310 e. The molecule has 0 saturated heterocycles. The van der Waals surface area contributed by atoms with Crippen LogP contribution >= 0.6 is 0 Å². The number of nitrogens with zero attached hydrogens (tertiary/aromatic N) is 1. The maximum absolute atomic E-state index is 11.6. The van der Waals surface area contributed by atoms with Crippen LogP contribution in [0.15, 0.2) is 18.2 Å². The molecule has 1 aromatic carbocycles. The molecule has 0 N–H and O–H groups in total. The number of hydrogen-bond acceptors (Lipinski definition) is 1. The van der Waals surface area contributed by atoms with Gasteiger partial charge < -0.3 is 4.90 Å². The summed E-state index contributed by atoms with van der Waals surface area (Å²) in [4.78, 5) is 13.5. The molecule has 0 radical (unpaired) electrons. The van der Waals surface area contributed by atoms with Crippen molar-refractivity contribution in [3.63, 3.8) is 0 Å². The second-order valence-electron chi connectivity index (χ2n) is 4.22. The lowest BCUT2D eigenvalue weighted by molar-refractivity contribution is -0.116. The summed E-state index contributed by atoms with van der Waals surface area (Å²) in [5.41, 5.74) is 3.36. The molecule has 0 unspecified atom stereocenters. The first-order chi connectivity index (χ1) is 6.95. The minimum atomic E-state index is 0.0994. The van der Waals surface area contributed by atoms with Crippen LogP contribution in [0.3, 0.4) is 0 Å². The smallest absolute Gasteiger partial charge is 0.224 e. The van der Waals surface area contributed by atoms with Gasteiger partial charge in [-0.1, -0.05) is 18.2 Å². The molecule has 0 heterocycles. The Bertz CT molecular complexity index is 349. The number of para-hydroxylation sites is 1. The summed E-state index contributed by atoms with van der Waals surface area (Å²) in [5.74, 6) is 0.0994. The van der Waals surface area contributed by atoms with Crippen LogP contribution in [-0.4, -0.2) is 11.9 Å². The summed E-state index contributed by atoms with van der Waals surface area (Å²) in [6.07, 6.45) is 0. The van der Waals surface area contributed by atoms with Gasteiger partial charge in [-0.15, -0.1) is 0 Å². The first-order valence-electron chi connectivity index (χ1n) is 5.31. The molecule has 15 heavy (non-hydrogen) atoms. The number of hydrogen-bond donors (Lipinski definition) is 0. The summed E-state index contributed by atoms with van der Waals surface area (Å²) in [6, 6.07) is 6.30. The van der Waals surface area contributed by atoms with Gasteiger partial charge >= 0.3 is 0 Å². The summed E-state index contributed by atoms with van der Waals surface area (Å²) < 4.78 is 0. The molecule has 1 aromatic rings. The molecule has 82 valence electrons. The summed E-state index contributed by atoms with van der Waals surface area (Å²) >= 11 is 0. The molecule has 2 nitrogen and oxygen atoms in total. The van der Waals surface area contributed by atoms with Crippen molar-refractivity contribution in [1.82, 2.24) is 0 Å². The molecular weight excluding hydrogens is 186 g/mol. The van der Waals surface area contributed by atoms with Gasteiger partial charge in [0.25, 0.3) is 0 Å². The molecule has 1 rings (SSSR count). The Balaban J connectivity index is 3.28. The number of amides is 1. The van der Waals surface area contributed by atoms with Crippen LogP contribution in [0.2, 0.25) is 0 Å². The molecule has 1 amide bonds. The number of aryl methyl sites for hydroxylation is 2. The first kappa shape index (κ1) is 11.8. The van der Waals surface area contributed by atoms with E-state index in [1.807, 2.05) is 50.8 Å². The van der Waals surface area contributed by atoms with E-state index in [0.29, 0.717) is 0 Å². The van der Waals surface area contributed by atoms with Crippen LogP contribution in [0.5, 0.6) is 0 Å². The van der Waals surface area contributed by atoms with E-state index in [0.717, 1.165) is 16.8 Å². The highest BCUT2D eigenvalue weighted by molar-refractivity contribution is 5.93. The second-order valence-corrected chi connectivity index (χ2v) is 4.22. The van der Waals surface area contributed by atoms with Crippen LogP contribution in [0.25, 0.3) is 0 Å². The highest BCUT2D eigenvalue weighted by Crippen LogP contribution is 2.26. The lowest BCUT2D eigenvalue weighted by Crippen LogP contribution is -2.36. The van der Waals surface area contributed by atoms with Gasteiger partial charge in [0.15, 0.2) is 0 Å². The van der Waals surface area contributed by atoms with Crippen molar-refractivity contribution >= 4 is 11.6 Å². The van der Waals surface area contributed by atoms with Crippen molar-refractivity contribution in [2.24, 2.45) is 0 Å². The van der Waals surface area contributed by atoms with Crippen LogP contribution in [0.4, 0.5) is 5.69 Å². The maximum Gasteiger partial charge on any atom is 0.224 e. The summed E-state index contributed by atoms with van der Waals surface area (Å²) in [7, 11) is 0. The van der Waals surface area contributed by atoms with Gasteiger partial charge in [-0.25, -0.2) is 0 Å².